The van der Waals surface area contributed by atoms with Gasteiger partial charge in [0.05, 0.1) is 17.1 Å². The molecule has 0 unspecified atom stereocenters. The van der Waals surface area contributed by atoms with Crippen molar-refractivity contribution in [1.29, 1.82) is 0 Å². The van der Waals surface area contributed by atoms with E-state index in [0.29, 0.717) is 23.3 Å². The average Bonchev–Trinajstić information content (AvgIpc) is 2.69. The van der Waals surface area contributed by atoms with Gasteiger partial charge in [0.15, 0.2) is 0 Å². The Morgan fingerprint density at radius 3 is 2.07 bits per heavy atom. The van der Waals surface area contributed by atoms with Crippen LogP contribution in [0.1, 0.15) is 11.1 Å². The lowest BCUT2D eigenvalue weighted by molar-refractivity contribution is 0.627. The predicted octanol–water partition coefficient (Wildman–Crippen LogP) is 3.76. The summed E-state index contributed by atoms with van der Waals surface area (Å²) in [4.78, 5) is 19.3. The Bertz CT molecular complexity index is 1070. The molecule has 3 aliphatic rings. The molecular formula is C20H11F2N5. The van der Waals surface area contributed by atoms with Crippen molar-refractivity contribution in [1.82, 2.24) is 4.90 Å². The molecule has 0 N–H and O–H groups in total. The van der Waals surface area contributed by atoms with Crippen molar-refractivity contribution in [3.05, 3.63) is 89.1 Å². The highest BCUT2D eigenvalue weighted by Gasteiger charge is 2.30. The first-order valence-corrected chi connectivity index (χ1v) is 8.20. The van der Waals surface area contributed by atoms with Gasteiger partial charge in [-0.25, -0.2) is 33.7 Å². The molecule has 0 saturated heterocycles. The van der Waals surface area contributed by atoms with E-state index in [-0.39, 0.29) is 11.6 Å². The van der Waals surface area contributed by atoms with Crippen molar-refractivity contribution in [3.8, 4) is 0 Å². The zero-order chi connectivity index (χ0) is 18.4. The van der Waals surface area contributed by atoms with E-state index < -0.39 is 0 Å². The molecule has 0 saturated carbocycles. The van der Waals surface area contributed by atoms with E-state index in [1.54, 1.807) is 29.2 Å². The topological polar surface area (TPSA) is 52.7 Å². The molecule has 5 rings (SSSR count). The number of hydrogen-bond donors (Lipinski definition) is 0. The van der Waals surface area contributed by atoms with E-state index >= 15 is 0 Å². The summed E-state index contributed by atoms with van der Waals surface area (Å²) in [6, 6.07) is 12.2. The monoisotopic (exact) mass is 359 g/mol. The fourth-order valence-electron chi connectivity index (χ4n) is 2.99. The molecule has 3 aliphatic heterocycles. The molecule has 3 heterocycles. The SMILES string of the molecule is Fc1ccc(C2=CC3=CC(c4ccc(F)cc4)=NC4=NC=NC(=N2)N34)cc1. The molecule has 2 aromatic rings. The van der Waals surface area contributed by atoms with Gasteiger partial charge >= 0.3 is 0 Å². The van der Waals surface area contributed by atoms with Crippen LogP contribution in [0.4, 0.5) is 8.78 Å². The molecule has 0 fully saturated rings. The Balaban J connectivity index is 1.63. The average molecular weight is 359 g/mol. The number of aliphatic imine (C=N–C) groups is 4. The van der Waals surface area contributed by atoms with E-state index in [4.69, 9.17) is 0 Å². The summed E-state index contributed by atoms with van der Waals surface area (Å²) in [6.45, 7) is 0. The second-order valence-corrected chi connectivity index (χ2v) is 6.03. The normalized spacial score (nSPS) is 17.4. The fourth-order valence-corrected chi connectivity index (χ4v) is 2.99. The van der Waals surface area contributed by atoms with E-state index in [9.17, 15) is 8.78 Å². The number of allylic oxidation sites excluding steroid dienone is 2. The lowest BCUT2D eigenvalue weighted by atomic mass is 10.0. The van der Waals surface area contributed by atoms with Crippen LogP contribution in [0.5, 0.6) is 0 Å². The summed E-state index contributed by atoms with van der Waals surface area (Å²) in [5.41, 5.74) is 3.64. The van der Waals surface area contributed by atoms with Crippen LogP contribution in [0.25, 0.3) is 5.70 Å². The van der Waals surface area contributed by atoms with Gasteiger partial charge < -0.3 is 0 Å². The second kappa shape index (κ2) is 5.91. The summed E-state index contributed by atoms with van der Waals surface area (Å²) in [7, 11) is 0. The van der Waals surface area contributed by atoms with Crippen LogP contribution in [0, 0.1) is 11.6 Å². The van der Waals surface area contributed by atoms with Gasteiger partial charge in [-0.1, -0.05) is 0 Å². The Labute approximate surface area is 153 Å². The predicted molar refractivity (Wildman–Crippen MR) is 101 cm³/mol. The standard InChI is InChI=1S/C20H11F2N5/c21-14-5-1-12(2-6-14)17-9-16-10-18(13-3-7-15(22)8-4-13)26-20-24-11-23-19(25-17)27(16)20/h1-11H. The number of guanidine groups is 2. The summed E-state index contributed by atoms with van der Waals surface area (Å²) >= 11 is 0. The van der Waals surface area contributed by atoms with Crippen molar-refractivity contribution < 1.29 is 8.78 Å². The first-order valence-electron chi connectivity index (χ1n) is 8.20. The first kappa shape index (κ1) is 15.5. The molecule has 130 valence electrons. The molecule has 0 radical (unpaired) electrons. The molecule has 5 nitrogen and oxygen atoms in total. The quantitative estimate of drug-likeness (QED) is 0.805. The minimum Gasteiger partial charge on any atom is -0.246 e. The number of hydrogen-bond acceptors (Lipinski definition) is 5. The zero-order valence-electron chi connectivity index (χ0n) is 13.8. The molecule has 0 aromatic heterocycles. The summed E-state index contributed by atoms with van der Waals surface area (Å²) < 4.78 is 26.5. The van der Waals surface area contributed by atoms with E-state index in [2.05, 4.69) is 20.0 Å². The Morgan fingerprint density at radius 2 is 1.37 bits per heavy atom. The van der Waals surface area contributed by atoms with Crippen molar-refractivity contribution in [2.75, 3.05) is 0 Å². The van der Waals surface area contributed by atoms with Gasteiger partial charge in [-0.05, 0) is 60.7 Å². The maximum Gasteiger partial charge on any atom is 0.239 e. The van der Waals surface area contributed by atoms with Crippen LogP contribution in [-0.4, -0.2) is 28.9 Å². The summed E-state index contributed by atoms with van der Waals surface area (Å²) in [5.74, 6) is 0.263. The fraction of sp³-hybridized carbons (Fsp3) is 0. The number of benzene rings is 2. The van der Waals surface area contributed by atoms with E-state index in [1.165, 1.54) is 30.6 Å². The largest absolute Gasteiger partial charge is 0.246 e. The Morgan fingerprint density at radius 1 is 0.704 bits per heavy atom. The van der Waals surface area contributed by atoms with Crippen molar-refractivity contribution in [3.63, 3.8) is 0 Å². The molecule has 2 aromatic carbocycles. The van der Waals surface area contributed by atoms with Crippen LogP contribution in [0.2, 0.25) is 0 Å². The van der Waals surface area contributed by atoms with Gasteiger partial charge in [-0.3, -0.25) is 0 Å². The highest BCUT2D eigenvalue weighted by Crippen LogP contribution is 2.30. The van der Waals surface area contributed by atoms with Crippen LogP contribution >= 0.6 is 0 Å². The molecule has 0 spiro atoms. The Kier molecular flexibility index (Phi) is 3.39. The van der Waals surface area contributed by atoms with Crippen molar-refractivity contribution >= 4 is 29.7 Å². The van der Waals surface area contributed by atoms with Crippen LogP contribution in [-0.2, 0) is 0 Å². The molecule has 0 aliphatic carbocycles. The van der Waals surface area contributed by atoms with Gasteiger partial charge in [0.2, 0.25) is 11.9 Å². The molecule has 0 bridgehead atoms. The zero-order valence-corrected chi connectivity index (χ0v) is 13.8. The first-order chi connectivity index (χ1) is 13.2. The number of halogens is 2. The van der Waals surface area contributed by atoms with Crippen molar-refractivity contribution in [2.45, 2.75) is 0 Å². The minimum absolute atomic E-state index is 0.308. The Hall–Kier alpha value is -3.74. The van der Waals surface area contributed by atoms with Gasteiger partial charge in [0.25, 0.3) is 0 Å². The summed E-state index contributed by atoms with van der Waals surface area (Å²) in [5, 5.41) is 0. The third-order valence-electron chi connectivity index (χ3n) is 4.29. The summed E-state index contributed by atoms with van der Waals surface area (Å²) in [6.07, 6.45) is 5.13. The van der Waals surface area contributed by atoms with Crippen LogP contribution < -0.4 is 0 Å². The van der Waals surface area contributed by atoms with E-state index in [0.717, 1.165) is 16.8 Å². The molecule has 0 amide bonds. The second-order valence-electron chi connectivity index (χ2n) is 6.03. The molecular weight excluding hydrogens is 348 g/mol. The van der Waals surface area contributed by atoms with E-state index in [1.807, 2.05) is 12.2 Å². The van der Waals surface area contributed by atoms with Gasteiger partial charge in [-0.15, -0.1) is 0 Å². The highest BCUT2D eigenvalue weighted by molar-refractivity contribution is 6.22. The van der Waals surface area contributed by atoms with Crippen LogP contribution in [0.15, 0.2) is 86.3 Å². The number of rotatable bonds is 2. The maximum absolute atomic E-state index is 13.2. The van der Waals surface area contributed by atoms with Gasteiger partial charge in [0.1, 0.15) is 18.0 Å². The number of nitrogens with zero attached hydrogens (tertiary/aromatic N) is 5. The minimum atomic E-state index is -0.308. The lowest BCUT2D eigenvalue weighted by Crippen LogP contribution is -2.40. The molecule has 27 heavy (non-hydrogen) atoms. The van der Waals surface area contributed by atoms with Crippen LogP contribution in [0.3, 0.4) is 0 Å². The highest BCUT2D eigenvalue weighted by atomic mass is 19.1. The molecule has 0 atom stereocenters. The van der Waals surface area contributed by atoms with Gasteiger partial charge in [0, 0.05) is 11.1 Å². The van der Waals surface area contributed by atoms with Crippen molar-refractivity contribution in [2.24, 2.45) is 20.0 Å². The maximum atomic E-state index is 13.2. The third kappa shape index (κ3) is 2.69. The third-order valence-corrected chi connectivity index (χ3v) is 4.29. The molecule has 7 heteroatoms. The smallest absolute Gasteiger partial charge is 0.239 e. The van der Waals surface area contributed by atoms with Gasteiger partial charge in [-0.2, -0.15) is 0 Å². The lowest BCUT2D eigenvalue weighted by Gasteiger charge is -2.31.